The predicted octanol–water partition coefficient (Wildman–Crippen LogP) is 13.2. The molecule has 0 bridgehead atoms. The molecule has 0 heterocycles. The van der Waals surface area contributed by atoms with E-state index >= 15 is 0 Å². The van der Waals surface area contributed by atoms with Gasteiger partial charge in [0.15, 0.2) is 0 Å². The van der Waals surface area contributed by atoms with Crippen LogP contribution < -0.4 is 5.32 Å². The molecule has 0 rings (SSSR count). The summed E-state index contributed by atoms with van der Waals surface area (Å²) in [6, 6.07) is 0. The Balaban J connectivity index is 4.24. The largest absolute Gasteiger partial charge is 0.466 e. The highest BCUT2D eigenvalue weighted by atomic mass is 16.5. The van der Waals surface area contributed by atoms with Crippen LogP contribution in [-0.2, 0) is 23.9 Å². The Kier molecular flexibility index (Phi) is 41.2. The average molecular weight is 765 g/mol. The molecule has 0 spiro atoms. The number of rotatable bonds is 43. The third kappa shape index (κ3) is 38.6. The van der Waals surface area contributed by atoms with Gasteiger partial charge in [0, 0.05) is 26.3 Å². The number of esters is 2. The van der Waals surface area contributed by atoms with Crippen molar-refractivity contribution in [3.05, 3.63) is 0 Å². The summed E-state index contributed by atoms with van der Waals surface area (Å²) >= 11 is 0. The van der Waals surface area contributed by atoms with Gasteiger partial charge in [0.2, 0.25) is 5.91 Å². The topological polar surface area (TPSA) is 84.9 Å². The molecule has 320 valence electrons. The molecule has 0 fully saturated rings. The molecule has 0 aromatic carbocycles. The predicted molar refractivity (Wildman–Crippen MR) is 230 cm³/mol. The minimum absolute atomic E-state index is 0.0120. The normalized spacial score (nSPS) is 11.4. The van der Waals surface area contributed by atoms with E-state index in [0.717, 1.165) is 103 Å². The van der Waals surface area contributed by atoms with Gasteiger partial charge < -0.3 is 19.7 Å². The van der Waals surface area contributed by atoms with Gasteiger partial charge in [-0.15, -0.1) is 0 Å². The van der Waals surface area contributed by atoms with Gasteiger partial charge in [-0.3, -0.25) is 14.4 Å². The van der Waals surface area contributed by atoms with Crippen molar-refractivity contribution in [1.82, 2.24) is 10.2 Å². The molecule has 0 aliphatic carbocycles. The Morgan fingerprint density at radius 2 is 0.833 bits per heavy atom. The van der Waals surface area contributed by atoms with Crippen molar-refractivity contribution in [2.75, 3.05) is 33.3 Å². The highest BCUT2D eigenvalue weighted by molar-refractivity contribution is 5.75. The summed E-state index contributed by atoms with van der Waals surface area (Å²) < 4.78 is 11.5. The average Bonchev–Trinajstić information content (AvgIpc) is 3.17. The highest BCUT2D eigenvalue weighted by Crippen LogP contribution is 2.19. The minimum Gasteiger partial charge on any atom is -0.466 e. The van der Waals surface area contributed by atoms with Crippen LogP contribution in [0.5, 0.6) is 0 Å². The summed E-state index contributed by atoms with van der Waals surface area (Å²) in [4.78, 5) is 39.2. The molecule has 1 amide bonds. The second-order valence-corrected chi connectivity index (χ2v) is 16.2. The zero-order valence-electron chi connectivity index (χ0n) is 36.6. The second-order valence-electron chi connectivity index (χ2n) is 16.2. The zero-order valence-corrected chi connectivity index (χ0v) is 36.6. The number of nitrogens with one attached hydrogen (secondary N) is 1. The molecule has 1 N–H and O–H groups in total. The highest BCUT2D eigenvalue weighted by Gasteiger charge is 2.14. The second kappa shape index (κ2) is 42.5. The SMILES string of the molecule is CCCCCCCCCOC(=O)CCCCCCCN(CCCCCCCC(=O)OC(CCCCCCCC)CCCCCCCC)CCCC(=O)NC. The van der Waals surface area contributed by atoms with Gasteiger partial charge in [0.25, 0.3) is 0 Å². The lowest BCUT2D eigenvalue weighted by molar-refractivity contribution is -0.150. The summed E-state index contributed by atoms with van der Waals surface area (Å²) in [5.74, 6) is 0.0954. The van der Waals surface area contributed by atoms with E-state index in [0.29, 0.717) is 25.9 Å². The molecule has 54 heavy (non-hydrogen) atoms. The molecule has 0 radical (unpaired) electrons. The number of ether oxygens (including phenoxy) is 2. The van der Waals surface area contributed by atoms with E-state index in [-0.39, 0.29) is 23.9 Å². The number of hydrogen-bond donors (Lipinski definition) is 1. The van der Waals surface area contributed by atoms with Crippen LogP contribution in [0.1, 0.15) is 245 Å². The number of hydrogen-bond acceptors (Lipinski definition) is 6. The number of unbranched alkanes of at least 4 members (excludes halogenated alkanes) is 24. The van der Waals surface area contributed by atoms with Gasteiger partial charge in [-0.2, -0.15) is 0 Å². The molecule has 0 aliphatic heterocycles. The molecule has 0 unspecified atom stereocenters. The Morgan fingerprint density at radius 1 is 0.444 bits per heavy atom. The van der Waals surface area contributed by atoms with Crippen LogP contribution in [0.4, 0.5) is 0 Å². The first-order valence-corrected chi connectivity index (χ1v) is 23.7. The van der Waals surface area contributed by atoms with Crippen LogP contribution in [0.3, 0.4) is 0 Å². The van der Waals surface area contributed by atoms with Crippen LogP contribution in [-0.4, -0.2) is 62.1 Å². The van der Waals surface area contributed by atoms with Crippen molar-refractivity contribution in [3.8, 4) is 0 Å². The van der Waals surface area contributed by atoms with Gasteiger partial charge in [-0.05, 0) is 83.8 Å². The van der Waals surface area contributed by atoms with E-state index in [1.54, 1.807) is 7.05 Å². The van der Waals surface area contributed by atoms with Gasteiger partial charge in [-0.1, -0.05) is 162 Å². The molecule has 0 atom stereocenters. The van der Waals surface area contributed by atoms with Crippen molar-refractivity contribution in [2.45, 2.75) is 252 Å². The molecule has 0 aromatic rings. The van der Waals surface area contributed by atoms with E-state index in [2.05, 4.69) is 31.0 Å². The van der Waals surface area contributed by atoms with Crippen LogP contribution in [0.2, 0.25) is 0 Å². The van der Waals surface area contributed by atoms with Gasteiger partial charge >= 0.3 is 11.9 Å². The zero-order chi connectivity index (χ0) is 39.6. The van der Waals surface area contributed by atoms with E-state index in [1.807, 2.05) is 0 Å². The first-order valence-electron chi connectivity index (χ1n) is 23.7. The van der Waals surface area contributed by atoms with Gasteiger partial charge in [0.1, 0.15) is 6.10 Å². The quantitative estimate of drug-likeness (QED) is 0.0491. The van der Waals surface area contributed by atoms with Crippen molar-refractivity contribution in [1.29, 1.82) is 0 Å². The molecular weight excluding hydrogens is 673 g/mol. The Morgan fingerprint density at radius 3 is 1.31 bits per heavy atom. The van der Waals surface area contributed by atoms with Crippen molar-refractivity contribution in [2.24, 2.45) is 0 Å². The Bertz CT molecular complexity index is 806. The number of carbonyl (C=O) groups excluding carboxylic acids is 3. The minimum atomic E-state index is -0.0329. The Hall–Kier alpha value is -1.63. The first-order chi connectivity index (χ1) is 26.5. The summed E-state index contributed by atoms with van der Waals surface area (Å²) in [7, 11) is 1.71. The fourth-order valence-corrected chi connectivity index (χ4v) is 7.32. The van der Waals surface area contributed by atoms with Crippen molar-refractivity contribution < 1.29 is 23.9 Å². The first kappa shape index (κ1) is 52.4. The third-order valence-electron chi connectivity index (χ3n) is 10.9. The molecule has 7 nitrogen and oxygen atoms in total. The van der Waals surface area contributed by atoms with Crippen molar-refractivity contribution >= 4 is 17.8 Å². The molecule has 0 aromatic heterocycles. The van der Waals surface area contributed by atoms with Gasteiger partial charge in [0.05, 0.1) is 6.61 Å². The maximum atomic E-state index is 12.8. The molecule has 0 saturated heterocycles. The fraction of sp³-hybridized carbons (Fsp3) is 0.936. The smallest absolute Gasteiger partial charge is 0.306 e. The number of nitrogens with zero attached hydrogens (tertiary/aromatic N) is 1. The monoisotopic (exact) mass is 765 g/mol. The standard InChI is InChI=1S/C47H92N2O5/c1-5-8-11-14-17-26-33-43-53-46(51)38-29-22-18-24-31-40-49(42-34-37-45(50)48-4)41-32-25-19-23-30-39-47(52)54-44(35-27-20-15-12-9-6-2)36-28-21-16-13-10-7-3/h44H,5-43H2,1-4H3,(H,48,50). The summed E-state index contributed by atoms with van der Waals surface area (Å²) in [5, 5.41) is 2.74. The van der Waals surface area contributed by atoms with Crippen LogP contribution >= 0.6 is 0 Å². The summed E-state index contributed by atoms with van der Waals surface area (Å²) in [5.41, 5.74) is 0. The fourth-order valence-electron chi connectivity index (χ4n) is 7.32. The van der Waals surface area contributed by atoms with Crippen LogP contribution in [0.15, 0.2) is 0 Å². The van der Waals surface area contributed by atoms with E-state index in [4.69, 9.17) is 9.47 Å². The molecular formula is C47H92N2O5. The maximum absolute atomic E-state index is 12.8. The van der Waals surface area contributed by atoms with Gasteiger partial charge in [-0.25, -0.2) is 0 Å². The summed E-state index contributed by atoms with van der Waals surface area (Å²) in [6.45, 7) is 10.4. The maximum Gasteiger partial charge on any atom is 0.306 e. The van der Waals surface area contributed by atoms with E-state index in [9.17, 15) is 14.4 Å². The summed E-state index contributed by atoms with van der Waals surface area (Å²) in [6.07, 6.45) is 39.7. The lowest BCUT2D eigenvalue weighted by atomic mass is 10.0. The Labute approximate surface area is 336 Å². The third-order valence-corrected chi connectivity index (χ3v) is 10.9. The van der Waals surface area contributed by atoms with E-state index in [1.165, 1.54) is 122 Å². The lowest BCUT2D eigenvalue weighted by Gasteiger charge is -2.22. The number of carbonyl (C=O) groups is 3. The van der Waals surface area contributed by atoms with Crippen LogP contribution in [0, 0.1) is 0 Å². The van der Waals surface area contributed by atoms with Crippen LogP contribution in [0.25, 0.3) is 0 Å². The van der Waals surface area contributed by atoms with Crippen molar-refractivity contribution in [3.63, 3.8) is 0 Å². The number of amides is 1. The van der Waals surface area contributed by atoms with E-state index < -0.39 is 0 Å². The molecule has 0 saturated carbocycles. The lowest BCUT2D eigenvalue weighted by Crippen LogP contribution is -2.28. The molecule has 0 aliphatic rings. The molecule has 7 heteroatoms.